The Morgan fingerprint density at radius 3 is 3.12 bits per heavy atom. The summed E-state index contributed by atoms with van der Waals surface area (Å²) in [5, 5.41) is 10.8. The molecule has 0 saturated carbocycles. The van der Waals surface area contributed by atoms with Crippen LogP contribution < -0.4 is 16.4 Å². The molecule has 16 heavy (non-hydrogen) atoms. The summed E-state index contributed by atoms with van der Waals surface area (Å²) < 4.78 is 7.32. The average Bonchev–Trinajstić information content (AvgIpc) is 2.64. The second-order valence-corrected chi connectivity index (χ2v) is 3.80. The van der Waals surface area contributed by atoms with Gasteiger partial charge in [0.25, 0.3) is 0 Å². The highest BCUT2D eigenvalue weighted by Gasteiger charge is 2.21. The number of hydrogen-bond acceptors (Lipinski definition) is 5. The second-order valence-electron chi connectivity index (χ2n) is 3.80. The normalized spacial score (nSPS) is 16.1. The van der Waals surface area contributed by atoms with Crippen LogP contribution in [0.1, 0.15) is 6.04 Å². The zero-order valence-electron chi connectivity index (χ0n) is 9.35. The molecule has 0 bridgehead atoms. The molecule has 1 fully saturated rings. The summed E-state index contributed by atoms with van der Waals surface area (Å²) in [4.78, 5) is 0. The molecule has 1 saturated heterocycles. The molecule has 2 heterocycles. The van der Waals surface area contributed by atoms with E-state index in [-0.39, 0.29) is 0 Å². The summed E-state index contributed by atoms with van der Waals surface area (Å²) >= 11 is 0. The number of ether oxygens (including phenoxy) is 1. The Morgan fingerprint density at radius 1 is 1.56 bits per heavy atom. The highest BCUT2D eigenvalue weighted by molar-refractivity contribution is 5.34. The topological polar surface area (TPSA) is 77.1 Å². The van der Waals surface area contributed by atoms with Gasteiger partial charge in [-0.2, -0.15) is 5.10 Å². The fourth-order valence-corrected chi connectivity index (χ4v) is 1.63. The van der Waals surface area contributed by atoms with Crippen molar-refractivity contribution in [1.29, 1.82) is 0 Å². The van der Waals surface area contributed by atoms with Crippen molar-refractivity contribution in [2.45, 2.75) is 6.04 Å². The minimum atomic E-state index is 0.488. The lowest BCUT2D eigenvalue weighted by Crippen LogP contribution is -2.44. The molecular weight excluding hydrogens is 206 g/mol. The Balaban J connectivity index is 1.73. The molecule has 0 unspecified atom stereocenters. The van der Waals surface area contributed by atoms with Gasteiger partial charge >= 0.3 is 0 Å². The third-order valence-corrected chi connectivity index (χ3v) is 2.59. The van der Waals surface area contributed by atoms with E-state index >= 15 is 0 Å². The largest absolute Gasteiger partial charge is 0.378 e. The van der Waals surface area contributed by atoms with Crippen molar-refractivity contribution >= 4 is 5.82 Å². The van der Waals surface area contributed by atoms with Gasteiger partial charge in [-0.15, -0.1) is 0 Å². The fourth-order valence-electron chi connectivity index (χ4n) is 1.63. The molecule has 6 nitrogen and oxygen atoms in total. The second kappa shape index (κ2) is 5.83. The van der Waals surface area contributed by atoms with Crippen LogP contribution in [0, 0.1) is 0 Å². The van der Waals surface area contributed by atoms with Crippen LogP contribution in [0.25, 0.3) is 0 Å². The van der Waals surface area contributed by atoms with E-state index in [1.54, 1.807) is 0 Å². The SMILES string of the molecule is NCCOCCNc1ccnn1C1CNC1. The van der Waals surface area contributed by atoms with Crippen LogP contribution in [0.15, 0.2) is 12.3 Å². The summed E-state index contributed by atoms with van der Waals surface area (Å²) in [6.07, 6.45) is 1.82. The first-order valence-corrected chi connectivity index (χ1v) is 5.67. The van der Waals surface area contributed by atoms with E-state index in [1.807, 2.05) is 16.9 Å². The molecule has 0 aliphatic carbocycles. The van der Waals surface area contributed by atoms with Crippen molar-refractivity contribution in [2.75, 3.05) is 44.7 Å². The van der Waals surface area contributed by atoms with Crippen molar-refractivity contribution in [1.82, 2.24) is 15.1 Å². The number of rotatable bonds is 7. The van der Waals surface area contributed by atoms with Gasteiger partial charge in [0.2, 0.25) is 0 Å². The zero-order chi connectivity index (χ0) is 11.2. The van der Waals surface area contributed by atoms with Crippen LogP contribution in [0.5, 0.6) is 0 Å². The molecule has 0 amide bonds. The Labute approximate surface area is 95.1 Å². The van der Waals surface area contributed by atoms with Gasteiger partial charge in [0, 0.05) is 32.2 Å². The van der Waals surface area contributed by atoms with Crippen molar-refractivity contribution in [2.24, 2.45) is 5.73 Å². The summed E-state index contributed by atoms with van der Waals surface area (Å²) in [6, 6.07) is 2.48. The molecule has 0 spiro atoms. The van der Waals surface area contributed by atoms with Gasteiger partial charge in [-0.3, -0.25) is 0 Å². The predicted molar refractivity (Wildman–Crippen MR) is 62.5 cm³/mol. The lowest BCUT2D eigenvalue weighted by Gasteiger charge is -2.28. The van der Waals surface area contributed by atoms with Crippen molar-refractivity contribution in [3.05, 3.63) is 12.3 Å². The lowest BCUT2D eigenvalue weighted by molar-refractivity contribution is 0.151. The maximum absolute atomic E-state index is 5.33. The minimum Gasteiger partial charge on any atom is -0.378 e. The van der Waals surface area contributed by atoms with Crippen LogP contribution in [-0.4, -0.2) is 49.2 Å². The maximum Gasteiger partial charge on any atom is 0.124 e. The molecule has 6 heteroatoms. The third kappa shape index (κ3) is 2.72. The van der Waals surface area contributed by atoms with Gasteiger partial charge in [-0.25, -0.2) is 4.68 Å². The number of hydrogen-bond donors (Lipinski definition) is 3. The van der Waals surface area contributed by atoms with E-state index < -0.39 is 0 Å². The van der Waals surface area contributed by atoms with Crippen LogP contribution in [0.3, 0.4) is 0 Å². The number of nitrogens with zero attached hydrogens (tertiary/aromatic N) is 2. The van der Waals surface area contributed by atoms with Gasteiger partial charge in [0.1, 0.15) is 5.82 Å². The first-order chi connectivity index (χ1) is 7.92. The molecule has 0 radical (unpaired) electrons. The first kappa shape index (κ1) is 11.4. The molecule has 1 aromatic heterocycles. The molecular formula is C10H19N5O. The lowest BCUT2D eigenvalue weighted by atomic mass is 10.2. The first-order valence-electron chi connectivity index (χ1n) is 5.67. The summed E-state index contributed by atoms with van der Waals surface area (Å²) in [5.41, 5.74) is 5.33. The number of anilines is 1. The molecule has 0 atom stereocenters. The predicted octanol–water partition coefficient (Wildman–Crippen LogP) is -0.585. The van der Waals surface area contributed by atoms with E-state index in [0.29, 0.717) is 25.8 Å². The molecule has 4 N–H and O–H groups in total. The van der Waals surface area contributed by atoms with Crippen LogP contribution in [0.2, 0.25) is 0 Å². The van der Waals surface area contributed by atoms with E-state index in [0.717, 1.165) is 25.5 Å². The molecule has 90 valence electrons. The van der Waals surface area contributed by atoms with Crippen LogP contribution in [0.4, 0.5) is 5.82 Å². The summed E-state index contributed by atoms with van der Waals surface area (Å²) in [5.74, 6) is 1.06. The number of nitrogens with one attached hydrogen (secondary N) is 2. The Morgan fingerprint density at radius 2 is 2.44 bits per heavy atom. The van der Waals surface area contributed by atoms with Gasteiger partial charge < -0.3 is 21.1 Å². The molecule has 1 aliphatic heterocycles. The smallest absolute Gasteiger partial charge is 0.124 e. The van der Waals surface area contributed by atoms with E-state index in [4.69, 9.17) is 10.5 Å². The van der Waals surface area contributed by atoms with E-state index in [2.05, 4.69) is 15.7 Å². The highest BCUT2D eigenvalue weighted by atomic mass is 16.5. The fraction of sp³-hybridized carbons (Fsp3) is 0.700. The van der Waals surface area contributed by atoms with Crippen molar-refractivity contribution in [3.63, 3.8) is 0 Å². The monoisotopic (exact) mass is 225 g/mol. The van der Waals surface area contributed by atoms with Crippen LogP contribution >= 0.6 is 0 Å². The standard InChI is InChI=1S/C10H19N5O/c11-2-5-16-6-4-13-10-1-3-14-15(10)9-7-12-8-9/h1,3,9,12-13H,2,4-8,11H2. The van der Waals surface area contributed by atoms with Gasteiger partial charge in [-0.05, 0) is 0 Å². The Bertz CT molecular complexity index is 310. The Hall–Kier alpha value is -1.11. The number of nitrogens with two attached hydrogens (primary N) is 1. The van der Waals surface area contributed by atoms with Crippen molar-refractivity contribution in [3.8, 4) is 0 Å². The van der Waals surface area contributed by atoms with Crippen molar-refractivity contribution < 1.29 is 4.74 Å². The minimum absolute atomic E-state index is 0.488. The Kier molecular flexibility index (Phi) is 4.15. The third-order valence-electron chi connectivity index (χ3n) is 2.59. The summed E-state index contributed by atoms with van der Waals surface area (Å²) in [7, 11) is 0. The number of aromatic nitrogens is 2. The van der Waals surface area contributed by atoms with Gasteiger partial charge in [0.05, 0.1) is 25.5 Å². The van der Waals surface area contributed by atoms with E-state index in [1.165, 1.54) is 0 Å². The molecule has 0 aromatic carbocycles. The average molecular weight is 225 g/mol. The van der Waals surface area contributed by atoms with Gasteiger partial charge in [-0.1, -0.05) is 0 Å². The molecule has 1 aromatic rings. The maximum atomic E-state index is 5.33. The van der Waals surface area contributed by atoms with Gasteiger partial charge in [0.15, 0.2) is 0 Å². The van der Waals surface area contributed by atoms with E-state index in [9.17, 15) is 0 Å². The quantitative estimate of drug-likeness (QED) is 0.541. The zero-order valence-corrected chi connectivity index (χ0v) is 9.35. The highest BCUT2D eigenvalue weighted by Crippen LogP contribution is 2.16. The van der Waals surface area contributed by atoms with Crippen LogP contribution in [-0.2, 0) is 4.74 Å². The molecule has 2 rings (SSSR count). The molecule has 1 aliphatic rings. The summed E-state index contributed by atoms with van der Waals surface area (Å²) in [6.45, 7) is 4.65.